The molecule has 2 aromatic carbocycles. The second-order valence-corrected chi connectivity index (χ2v) is 7.19. The Morgan fingerprint density at radius 3 is 2.77 bits per heavy atom. The van der Waals surface area contributed by atoms with Crippen molar-refractivity contribution >= 4 is 11.7 Å². The van der Waals surface area contributed by atoms with Gasteiger partial charge in [0.15, 0.2) is 11.5 Å². The van der Waals surface area contributed by atoms with E-state index in [1.54, 1.807) is 12.0 Å². The van der Waals surface area contributed by atoms with Crippen LogP contribution in [0.15, 0.2) is 42.5 Å². The van der Waals surface area contributed by atoms with E-state index in [0.29, 0.717) is 30.3 Å². The molecule has 0 spiro atoms. The third-order valence-electron chi connectivity index (χ3n) is 5.24. The van der Waals surface area contributed by atoms with Gasteiger partial charge in [-0.15, -0.1) is 0 Å². The van der Waals surface area contributed by atoms with Gasteiger partial charge in [0.25, 0.3) is 0 Å². The summed E-state index contributed by atoms with van der Waals surface area (Å²) in [5.41, 5.74) is 1.63. The number of nitrogens with one attached hydrogen (secondary N) is 1. The summed E-state index contributed by atoms with van der Waals surface area (Å²) < 4.78 is 21.7. The molecule has 2 aliphatic heterocycles. The van der Waals surface area contributed by atoms with Crippen molar-refractivity contribution in [3.63, 3.8) is 0 Å². The fraction of sp³-hybridized carbons (Fsp3) is 0.409. The first-order valence-electron chi connectivity index (χ1n) is 10.1. The van der Waals surface area contributed by atoms with E-state index >= 15 is 0 Å². The Kier molecular flexibility index (Phi) is 6.56. The van der Waals surface area contributed by atoms with E-state index in [0.717, 1.165) is 44.2 Å². The minimum Gasteiger partial charge on any atom is -0.495 e. The Bertz CT molecular complexity index is 870. The van der Waals surface area contributed by atoms with Crippen LogP contribution in [0.1, 0.15) is 5.56 Å². The van der Waals surface area contributed by atoms with Crippen molar-refractivity contribution < 1.29 is 23.7 Å². The van der Waals surface area contributed by atoms with Gasteiger partial charge in [0, 0.05) is 32.7 Å². The number of methoxy groups -OCH3 is 1. The molecule has 2 aromatic rings. The molecule has 30 heavy (non-hydrogen) atoms. The van der Waals surface area contributed by atoms with Crippen LogP contribution in [-0.4, -0.2) is 69.1 Å². The summed E-state index contributed by atoms with van der Waals surface area (Å²) in [6.07, 6.45) is 0. The molecular weight excluding hydrogens is 386 g/mol. The van der Waals surface area contributed by atoms with E-state index in [4.69, 9.17) is 18.9 Å². The maximum Gasteiger partial charge on any atom is 0.322 e. The first kappa shape index (κ1) is 20.3. The number of fused-ring (bicyclic) bond motifs is 1. The molecule has 0 atom stereocenters. The molecule has 0 saturated carbocycles. The Balaban J connectivity index is 1.47. The van der Waals surface area contributed by atoms with Gasteiger partial charge in [0.1, 0.15) is 5.75 Å². The lowest BCUT2D eigenvalue weighted by molar-refractivity contribution is 0.0349. The van der Waals surface area contributed by atoms with Crippen molar-refractivity contribution in [2.75, 3.05) is 58.6 Å². The fourth-order valence-corrected chi connectivity index (χ4v) is 3.54. The van der Waals surface area contributed by atoms with Crippen molar-refractivity contribution in [2.24, 2.45) is 0 Å². The maximum absolute atomic E-state index is 13.2. The van der Waals surface area contributed by atoms with Crippen LogP contribution in [-0.2, 0) is 11.3 Å². The van der Waals surface area contributed by atoms with Crippen LogP contribution < -0.4 is 19.5 Å². The van der Waals surface area contributed by atoms with E-state index in [1.165, 1.54) is 0 Å². The number of rotatable bonds is 7. The quantitative estimate of drug-likeness (QED) is 0.753. The summed E-state index contributed by atoms with van der Waals surface area (Å²) in [6, 6.07) is 13.0. The van der Waals surface area contributed by atoms with Gasteiger partial charge in [-0.1, -0.05) is 18.2 Å². The lowest BCUT2D eigenvalue weighted by atomic mass is 10.2. The number of hydrogen-bond donors (Lipinski definition) is 1. The number of carbonyl (C=O) groups excluding carboxylic acids is 1. The number of carbonyl (C=O) groups is 1. The molecule has 1 N–H and O–H groups in total. The van der Waals surface area contributed by atoms with E-state index < -0.39 is 0 Å². The molecule has 8 heteroatoms. The molecule has 4 rings (SSSR count). The summed E-state index contributed by atoms with van der Waals surface area (Å²) in [6.45, 7) is 5.29. The highest BCUT2D eigenvalue weighted by Gasteiger charge is 2.20. The zero-order valence-corrected chi connectivity index (χ0v) is 17.1. The molecule has 2 aliphatic rings. The molecular formula is C22H27N3O5. The molecule has 0 bridgehead atoms. The third kappa shape index (κ3) is 4.95. The molecule has 0 radical (unpaired) electrons. The number of amides is 2. The number of para-hydroxylation sites is 2. The predicted octanol–water partition coefficient (Wildman–Crippen LogP) is 2.79. The van der Waals surface area contributed by atoms with Gasteiger partial charge in [-0.05, 0) is 29.8 Å². The Hall–Kier alpha value is -2.97. The summed E-state index contributed by atoms with van der Waals surface area (Å²) in [4.78, 5) is 17.3. The van der Waals surface area contributed by atoms with E-state index in [-0.39, 0.29) is 12.8 Å². The van der Waals surface area contributed by atoms with Crippen molar-refractivity contribution in [3.05, 3.63) is 48.0 Å². The Morgan fingerprint density at radius 2 is 1.93 bits per heavy atom. The van der Waals surface area contributed by atoms with Gasteiger partial charge in [0.2, 0.25) is 6.79 Å². The molecule has 0 aromatic heterocycles. The van der Waals surface area contributed by atoms with Crippen molar-refractivity contribution in [3.8, 4) is 17.2 Å². The fourth-order valence-electron chi connectivity index (χ4n) is 3.54. The third-order valence-corrected chi connectivity index (χ3v) is 5.24. The van der Waals surface area contributed by atoms with E-state index in [9.17, 15) is 4.79 Å². The van der Waals surface area contributed by atoms with Crippen molar-refractivity contribution in [2.45, 2.75) is 6.54 Å². The van der Waals surface area contributed by atoms with Crippen LogP contribution in [0.4, 0.5) is 10.5 Å². The van der Waals surface area contributed by atoms with Crippen LogP contribution in [0.2, 0.25) is 0 Å². The number of urea groups is 1. The van der Waals surface area contributed by atoms with Gasteiger partial charge >= 0.3 is 6.03 Å². The minimum absolute atomic E-state index is 0.176. The normalized spacial score (nSPS) is 15.6. The second-order valence-electron chi connectivity index (χ2n) is 7.19. The summed E-state index contributed by atoms with van der Waals surface area (Å²) in [7, 11) is 1.59. The summed E-state index contributed by atoms with van der Waals surface area (Å²) in [5.74, 6) is 2.07. The zero-order valence-electron chi connectivity index (χ0n) is 17.1. The Morgan fingerprint density at radius 1 is 1.13 bits per heavy atom. The van der Waals surface area contributed by atoms with Gasteiger partial charge < -0.3 is 29.2 Å². The van der Waals surface area contributed by atoms with Gasteiger partial charge in [-0.3, -0.25) is 4.90 Å². The van der Waals surface area contributed by atoms with Crippen LogP contribution in [0, 0.1) is 0 Å². The summed E-state index contributed by atoms with van der Waals surface area (Å²) >= 11 is 0. The molecule has 0 unspecified atom stereocenters. The molecule has 8 nitrogen and oxygen atoms in total. The predicted molar refractivity (Wildman–Crippen MR) is 112 cm³/mol. The molecule has 1 saturated heterocycles. The highest BCUT2D eigenvalue weighted by molar-refractivity contribution is 5.91. The maximum atomic E-state index is 13.2. The van der Waals surface area contributed by atoms with Gasteiger partial charge in [-0.2, -0.15) is 0 Å². The number of ether oxygens (including phenoxy) is 4. The second kappa shape index (κ2) is 9.69. The largest absolute Gasteiger partial charge is 0.495 e. The summed E-state index contributed by atoms with van der Waals surface area (Å²) in [5, 5.41) is 2.98. The van der Waals surface area contributed by atoms with Crippen LogP contribution in [0.5, 0.6) is 17.2 Å². The van der Waals surface area contributed by atoms with Crippen LogP contribution in [0.3, 0.4) is 0 Å². The molecule has 160 valence electrons. The minimum atomic E-state index is -0.176. The first-order chi connectivity index (χ1) is 14.7. The van der Waals surface area contributed by atoms with Crippen LogP contribution >= 0.6 is 0 Å². The smallest absolute Gasteiger partial charge is 0.322 e. The number of nitrogens with zero attached hydrogens (tertiary/aromatic N) is 2. The topological polar surface area (TPSA) is 72.5 Å². The van der Waals surface area contributed by atoms with Gasteiger partial charge in [-0.25, -0.2) is 4.79 Å². The van der Waals surface area contributed by atoms with Crippen molar-refractivity contribution in [1.82, 2.24) is 9.80 Å². The Labute approximate surface area is 176 Å². The lowest BCUT2D eigenvalue weighted by Gasteiger charge is -2.30. The zero-order chi connectivity index (χ0) is 20.8. The monoisotopic (exact) mass is 413 g/mol. The standard InChI is InChI=1S/C22H27N3O5/c1-27-19-5-3-2-4-18(19)23-22(26)25(9-8-24-10-12-28-13-11-24)15-17-6-7-20-21(14-17)30-16-29-20/h2-7,14H,8-13,15-16H2,1H3,(H,23,26). The number of hydrogen-bond acceptors (Lipinski definition) is 6. The first-order valence-corrected chi connectivity index (χ1v) is 10.1. The molecule has 2 amide bonds. The SMILES string of the molecule is COc1ccccc1NC(=O)N(CCN1CCOCC1)Cc1ccc2c(c1)OCO2. The number of benzene rings is 2. The average molecular weight is 413 g/mol. The number of anilines is 1. The van der Waals surface area contributed by atoms with Crippen molar-refractivity contribution in [1.29, 1.82) is 0 Å². The van der Waals surface area contributed by atoms with Gasteiger partial charge in [0.05, 0.1) is 26.0 Å². The highest BCUT2D eigenvalue weighted by Crippen LogP contribution is 2.33. The van der Waals surface area contributed by atoms with E-state index in [1.807, 2.05) is 42.5 Å². The number of morpholine rings is 1. The lowest BCUT2D eigenvalue weighted by Crippen LogP contribution is -2.44. The highest BCUT2D eigenvalue weighted by atomic mass is 16.7. The molecule has 0 aliphatic carbocycles. The average Bonchev–Trinajstić information content (AvgIpc) is 3.25. The molecule has 2 heterocycles. The molecule has 1 fully saturated rings. The van der Waals surface area contributed by atoms with Crippen LogP contribution in [0.25, 0.3) is 0 Å². The van der Waals surface area contributed by atoms with E-state index in [2.05, 4.69) is 10.2 Å².